The van der Waals surface area contributed by atoms with Gasteiger partial charge in [-0.05, 0) is 25.0 Å². The molecule has 1 unspecified atom stereocenters. The van der Waals surface area contributed by atoms with E-state index < -0.39 is 0 Å². The Hall–Kier alpha value is -1.33. The molecule has 0 spiro atoms. The highest BCUT2D eigenvalue weighted by molar-refractivity contribution is 5.82. The lowest BCUT2D eigenvalue weighted by Gasteiger charge is -2.35. The summed E-state index contributed by atoms with van der Waals surface area (Å²) in [5.74, 6) is 0.939. The highest BCUT2D eigenvalue weighted by atomic mass is 16.3. The second-order valence-electron chi connectivity index (χ2n) is 5.53. The Bertz CT molecular complexity index is 407. The zero-order valence-electron chi connectivity index (χ0n) is 13.2. The molecule has 118 valence electrons. The Balaban J connectivity index is 2.19. The van der Waals surface area contributed by atoms with E-state index in [1.807, 2.05) is 17.0 Å². The highest BCUT2D eigenvalue weighted by Gasteiger charge is 2.33. The number of carbonyl (C=O) groups excluding carboxylic acids is 1. The van der Waals surface area contributed by atoms with Gasteiger partial charge in [0, 0.05) is 39.3 Å². The first-order valence-electron chi connectivity index (χ1n) is 8.04. The Kier molecular flexibility index (Phi) is 6.26. The maximum absolute atomic E-state index is 13.0. The summed E-state index contributed by atoms with van der Waals surface area (Å²) in [7, 11) is 0. The van der Waals surface area contributed by atoms with E-state index in [4.69, 9.17) is 4.42 Å². The van der Waals surface area contributed by atoms with Gasteiger partial charge in [0.05, 0.1) is 6.26 Å². The summed E-state index contributed by atoms with van der Waals surface area (Å²) in [4.78, 5) is 17.2. The maximum atomic E-state index is 13.0. The van der Waals surface area contributed by atoms with Crippen LogP contribution in [0.15, 0.2) is 22.8 Å². The molecule has 1 aromatic heterocycles. The average Bonchev–Trinajstić information content (AvgIpc) is 3.02. The Morgan fingerprint density at radius 3 is 2.52 bits per heavy atom. The van der Waals surface area contributed by atoms with Crippen LogP contribution in [0.4, 0.5) is 0 Å². The molecule has 0 aliphatic carbocycles. The smallest absolute Gasteiger partial charge is 0.247 e. The molecule has 0 aromatic carbocycles. The largest absolute Gasteiger partial charge is 0.467 e. The molecule has 1 amide bonds. The second-order valence-corrected chi connectivity index (χ2v) is 5.53. The molecule has 1 aliphatic heterocycles. The van der Waals surface area contributed by atoms with Crippen LogP contribution in [0.25, 0.3) is 0 Å². The number of carbonyl (C=O) groups is 1. The van der Waals surface area contributed by atoms with Crippen LogP contribution in [0.1, 0.15) is 38.5 Å². The number of nitrogens with one attached hydrogen (secondary N) is 1. The lowest BCUT2D eigenvalue weighted by molar-refractivity contribution is -0.138. The summed E-state index contributed by atoms with van der Waals surface area (Å²) in [5.41, 5.74) is 0. The summed E-state index contributed by atoms with van der Waals surface area (Å²) < 4.78 is 5.57. The van der Waals surface area contributed by atoms with Crippen molar-refractivity contribution < 1.29 is 9.21 Å². The van der Waals surface area contributed by atoms with Gasteiger partial charge < -0.3 is 14.6 Å². The molecule has 5 heteroatoms. The maximum Gasteiger partial charge on any atom is 0.247 e. The molecular formula is C16H27N3O2. The van der Waals surface area contributed by atoms with Crippen LogP contribution in [-0.2, 0) is 4.79 Å². The lowest BCUT2D eigenvalue weighted by Crippen LogP contribution is -2.50. The minimum absolute atomic E-state index is 0.176. The molecule has 1 N–H and O–H groups in total. The van der Waals surface area contributed by atoms with Gasteiger partial charge in [-0.3, -0.25) is 9.69 Å². The van der Waals surface area contributed by atoms with E-state index in [2.05, 4.69) is 24.1 Å². The van der Waals surface area contributed by atoms with Crippen LogP contribution in [0.5, 0.6) is 0 Å². The third-order valence-electron chi connectivity index (χ3n) is 3.86. The van der Waals surface area contributed by atoms with Gasteiger partial charge in [0.2, 0.25) is 5.91 Å². The predicted molar refractivity (Wildman–Crippen MR) is 83.1 cm³/mol. The van der Waals surface area contributed by atoms with Crippen molar-refractivity contribution in [1.29, 1.82) is 0 Å². The van der Waals surface area contributed by atoms with Gasteiger partial charge >= 0.3 is 0 Å². The van der Waals surface area contributed by atoms with Gasteiger partial charge in [0.1, 0.15) is 11.8 Å². The second kappa shape index (κ2) is 8.20. The predicted octanol–water partition coefficient (Wildman–Crippen LogP) is 1.87. The fourth-order valence-corrected chi connectivity index (χ4v) is 2.89. The first-order valence-corrected chi connectivity index (χ1v) is 8.04. The van der Waals surface area contributed by atoms with Crippen LogP contribution >= 0.6 is 0 Å². The van der Waals surface area contributed by atoms with Crippen molar-refractivity contribution in [3.8, 4) is 0 Å². The van der Waals surface area contributed by atoms with Crippen molar-refractivity contribution in [2.24, 2.45) is 0 Å². The molecule has 1 atom stereocenters. The molecule has 21 heavy (non-hydrogen) atoms. The monoisotopic (exact) mass is 293 g/mol. The summed E-state index contributed by atoms with van der Waals surface area (Å²) in [5, 5.41) is 3.34. The summed E-state index contributed by atoms with van der Waals surface area (Å²) >= 11 is 0. The van der Waals surface area contributed by atoms with Gasteiger partial charge in [-0.15, -0.1) is 0 Å². The summed E-state index contributed by atoms with van der Waals surface area (Å²) in [6.07, 6.45) is 3.62. The van der Waals surface area contributed by atoms with E-state index in [-0.39, 0.29) is 11.9 Å². The molecule has 0 radical (unpaired) electrons. The van der Waals surface area contributed by atoms with E-state index in [0.29, 0.717) is 0 Å². The molecule has 0 bridgehead atoms. The van der Waals surface area contributed by atoms with Crippen LogP contribution in [0, 0.1) is 0 Å². The van der Waals surface area contributed by atoms with Crippen molar-refractivity contribution >= 4 is 5.91 Å². The Morgan fingerprint density at radius 1 is 1.33 bits per heavy atom. The van der Waals surface area contributed by atoms with Crippen LogP contribution < -0.4 is 5.32 Å². The van der Waals surface area contributed by atoms with Crippen molar-refractivity contribution in [2.75, 3.05) is 39.3 Å². The minimum Gasteiger partial charge on any atom is -0.467 e. The molecule has 1 aromatic rings. The van der Waals surface area contributed by atoms with E-state index in [1.165, 1.54) is 0 Å². The van der Waals surface area contributed by atoms with Crippen LogP contribution in [0.3, 0.4) is 0 Å². The molecule has 1 fully saturated rings. The van der Waals surface area contributed by atoms with Gasteiger partial charge in [-0.2, -0.15) is 0 Å². The topological polar surface area (TPSA) is 48.7 Å². The average molecular weight is 293 g/mol. The van der Waals surface area contributed by atoms with E-state index in [0.717, 1.165) is 57.9 Å². The number of amides is 1. The standard InChI is InChI=1S/C16H27N3O2/c1-3-9-19(10-4-2)16(20)15(14-6-5-13-21-14)18-11-7-17-8-12-18/h5-6,13,15,17H,3-4,7-12H2,1-2H3. The van der Waals surface area contributed by atoms with Crippen molar-refractivity contribution in [3.05, 3.63) is 24.2 Å². The molecule has 1 saturated heterocycles. The number of furan rings is 1. The van der Waals surface area contributed by atoms with E-state index in [1.54, 1.807) is 6.26 Å². The van der Waals surface area contributed by atoms with E-state index in [9.17, 15) is 4.79 Å². The van der Waals surface area contributed by atoms with Crippen molar-refractivity contribution in [3.63, 3.8) is 0 Å². The fraction of sp³-hybridized carbons (Fsp3) is 0.688. The molecule has 5 nitrogen and oxygen atoms in total. The Morgan fingerprint density at radius 2 is 2.00 bits per heavy atom. The zero-order chi connectivity index (χ0) is 15.1. The number of hydrogen-bond donors (Lipinski definition) is 1. The van der Waals surface area contributed by atoms with E-state index >= 15 is 0 Å². The van der Waals surface area contributed by atoms with Gasteiger partial charge in [0.15, 0.2) is 0 Å². The molecule has 2 heterocycles. The molecule has 1 aliphatic rings. The summed E-state index contributed by atoms with van der Waals surface area (Å²) in [6.45, 7) is 9.46. The quantitative estimate of drug-likeness (QED) is 0.834. The number of hydrogen-bond acceptors (Lipinski definition) is 4. The number of nitrogens with zero attached hydrogens (tertiary/aromatic N) is 2. The molecule has 0 saturated carbocycles. The fourth-order valence-electron chi connectivity index (χ4n) is 2.89. The van der Waals surface area contributed by atoms with Gasteiger partial charge in [0.25, 0.3) is 0 Å². The molecular weight excluding hydrogens is 266 g/mol. The third-order valence-corrected chi connectivity index (χ3v) is 3.86. The Labute approximate surface area is 127 Å². The number of rotatable bonds is 7. The van der Waals surface area contributed by atoms with Crippen molar-refractivity contribution in [2.45, 2.75) is 32.7 Å². The van der Waals surface area contributed by atoms with Gasteiger partial charge in [-0.25, -0.2) is 0 Å². The first-order chi connectivity index (χ1) is 10.3. The minimum atomic E-state index is -0.278. The first kappa shape index (κ1) is 16.0. The lowest BCUT2D eigenvalue weighted by atomic mass is 10.1. The zero-order valence-corrected chi connectivity index (χ0v) is 13.2. The van der Waals surface area contributed by atoms with Crippen LogP contribution in [-0.4, -0.2) is 55.0 Å². The van der Waals surface area contributed by atoms with Gasteiger partial charge in [-0.1, -0.05) is 13.8 Å². The molecule has 2 rings (SSSR count). The summed E-state index contributed by atoms with van der Waals surface area (Å²) in [6, 6.07) is 3.50. The normalized spacial score (nSPS) is 17.6. The number of piperazine rings is 1. The highest BCUT2D eigenvalue weighted by Crippen LogP contribution is 2.24. The third kappa shape index (κ3) is 4.08. The van der Waals surface area contributed by atoms with Crippen LogP contribution in [0.2, 0.25) is 0 Å². The SMILES string of the molecule is CCCN(CCC)C(=O)C(c1ccco1)N1CCNCC1. The van der Waals surface area contributed by atoms with Crippen molar-refractivity contribution in [1.82, 2.24) is 15.1 Å².